The lowest BCUT2D eigenvalue weighted by Crippen LogP contribution is -2.05. The summed E-state index contributed by atoms with van der Waals surface area (Å²) in [6, 6.07) is 4.54. The number of hydrogen-bond acceptors (Lipinski definition) is 1. The van der Waals surface area contributed by atoms with E-state index < -0.39 is 17.0 Å². The highest BCUT2D eigenvalue weighted by atomic mass is 79.9. The molecule has 0 aliphatic heterocycles. The van der Waals surface area contributed by atoms with E-state index in [1.807, 2.05) is 0 Å². The first-order valence-corrected chi connectivity index (χ1v) is 4.84. The highest BCUT2D eigenvalue weighted by Crippen LogP contribution is 2.28. The Kier molecular flexibility index (Phi) is 3.45. The summed E-state index contributed by atoms with van der Waals surface area (Å²) in [6.45, 7) is 1.57. The minimum atomic E-state index is -0.628. The van der Waals surface area contributed by atoms with Crippen LogP contribution >= 0.6 is 27.5 Å². The average Bonchev–Trinajstić information content (AvgIpc) is 2.03. The molecule has 0 amide bonds. The van der Waals surface area contributed by atoms with Crippen LogP contribution in [0.25, 0.3) is 0 Å². The molecule has 0 fully saturated rings. The quantitative estimate of drug-likeness (QED) is 0.749. The highest BCUT2D eigenvalue weighted by molar-refractivity contribution is 9.10. The van der Waals surface area contributed by atoms with E-state index in [1.54, 1.807) is 19.1 Å². The standard InChI is InChI=1S/C9H7BrClFO/c1-5(9(11)13)8-6(10)3-2-4-7(8)12/h2-5H,1H3. The van der Waals surface area contributed by atoms with Gasteiger partial charge in [-0.1, -0.05) is 22.0 Å². The monoisotopic (exact) mass is 264 g/mol. The number of carbonyl (C=O) groups is 1. The van der Waals surface area contributed by atoms with Gasteiger partial charge in [0.25, 0.3) is 0 Å². The Hall–Kier alpha value is -0.410. The summed E-state index contributed by atoms with van der Waals surface area (Å²) >= 11 is 8.45. The summed E-state index contributed by atoms with van der Waals surface area (Å²) in [5.41, 5.74) is 0.308. The Balaban J connectivity index is 3.20. The van der Waals surface area contributed by atoms with E-state index in [-0.39, 0.29) is 0 Å². The number of rotatable bonds is 2. The number of benzene rings is 1. The van der Waals surface area contributed by atoms with Gasteiger partial charge in [-0.3, -0.25) is 4.79 Å². The van der Waals surface area contributed by atoms with Crippen molar-refractivity contribution in [3.05, 3.63) is 34.1 Å². The van der Waals surface area contributed by atoms with E-state index in [4.69, 9.17) is 11.6 Å². The molecule has 1 rings (SSSR count). The fraction of sp³-hybridized carbons (Fsp3) is 0.222. The van der Waals surface area contributed by atoms with Crippen molar-refractivity contribution in [3.8, 4) is 0 Å². The molecule has 1 atom stereocenters. The summed E-state index contributed by atoms with van der Waals surface area (Å²) < 4.78 is 13.8. The molecule has 0 radical (unpaired) electrons. The minimum absolute atomic E-state index is 0.308. The van der Waals surface area contributed by atoms with Gasteiger partial charge in [-0.25, -0.2) is 4.39 Å². The molecule has 1 nitrogen and oxygen atoms in total. The predicted molar refractivity (Wildman–Crippen MR) is 53.4 cm³/mol. The molecule has 1 aromatic rings. The van der Waals surface area contributed by atoms with Crippen molar-refractivity contribution in [2.75, 3.05) is 0 Å². The SMILES string of the molecule is CC(C(=O)Cl)c1c(F)cccc1Br. The van der Waals surface area contributed by atoms with Crippen molar-refractivity contribution < 1.29 is 9.18 Å². The molecule has 1 aromatic carbocycles. The van der Waals surface area contributed by atoms with Gasteiger partial charge in [0.15, 0.2) is 0 Å². The maximum absolute atomic E-state index is 13.2. The molecule has 1 unspecified atom stereocenters. The second-order valence-corrected chi connectivity index (χ2v) is 3.89. The smallest absolute Gasteiger partial charge is 0.228 e. The van der Waals surface area contributed by atoms with Gasteiger partial charge in [-0.05, 0) is 30.7 Å². The molecule has 0 bridgehead atoms. The van der Waals surface area contributed by atoms with Crippen molar-refractivity contribution in [1.82, 2.24) is 0 Å². The van der Waals surface area contributed by atoms with Gasteiger partial charge in [0, 0.05) is 10.0 Å². The van der Waals surface area contributed by atoms with Crippen molar-refractivity contribution in [3.63, 3.8) is 0 Å². The van der Waals surface area contributed by atoms with Crippen LogP contribution in [-0.2, 0) is 4.79 Å². The van der Waals surface area contributed by atoms with E-state index in [0.29, 0.717) is 10.0 Å². The molecule has 0 spiro atoms. The van der Waals surface area contributed by atoms with Crippen LogP contribution in [0.1, 0.15) is 18.4 Å². The van der Waals surface area contributed by atoms with Crippen molar-refractivity contribution in [2.45, 2.75) is 12.8 Å². The Morgan fingerprint density at radius 2 is 2.23 bits per heavy atom. The summed E-state index contributed by atoms with van der Waals surface area (Å²) in [6.07, 6.45) is 0. The van der Waals surface area contributed by atoms with Crippen LogP contribution in [0.4, 0.5) is 4.39 Å². The van der Waals surface area contributed by atoms with Gasteiger partial charge in [0.05, 0.1) is 5.92 Å². The van der Waals surface area contributed by atoms with Gasteiger partial charge in [0.1, 0.15) is 5.82 Å². The van der Waals surface area contributed by atoms with Crippen LogP contribution in [-0.4, -0.2) is 5.24 Å². The van der Waals surface area contributed by atoms with Crippen LogP contribution in [0.15, 0.2) is 22.7 Å². The molecule has 70 valence electrons. The molecule has 0 saturated carbocycles. The first-order chi connectivity index (χ1) is 6.04. The van der Waals surface area contributed by atoms with Crippen molar-refractivity contribution >= 4 is 32.8 Å². The number of carbonyl (C=O) groups excluding carboxylic acids is 1. The molecule has 0 aromatic heterocycles. The second kappa shape index (κ2) is 4.20. The zero-order valence-electron chi connectivity index (χ0n) is 6.85. The van der Waals surface area contributed by atoms with Gasteiger partial charge >= 0.3 is 0 Å². The molecule has 0 aliphatic carbocycles. The largest absolute Gasteiger partial charge is 0.281 e. The van der Waals surface area contributed by atoms with Crippen molar-refractivity contribution in [2.24, 2.45) is 0 Å². The minimum Gasteiger partial charge on any atom is -0.281 e. The Labute approximate surface area is 89.0 Å². The predicted octanol–water partition coefficient (Wildman–Crippen LogP) is 3.46. The van der Waals surface area contributed by atoms with E-state index in [0.717, 1.165) is 0 Å². The lowest BCUT2D eigenvalue weighted by Gasteiger charge is -2.09. The third kappa shape index (κ3) is 2.29. The molecule has 0 heterocycles. The Morgan fingerprint density at radius 3 is 2.69 bits per heavy atom. The van der Waals surface area contributed by atoms with Gasteiger partial charge in [-0.2, -0.15) is 0 Å². The van der Waals surface area contributed by atoms with E-state index in [2.05, 4.69) is 15.9 Å². The lowest BCUT2D eigenvalue weighted by molar-refractivity contribution is -0.112. The van der Waals surface area contributed by atoms with Crippen LogP contribution < -0.4 is 0 Å². The fourth-order valence-corrected chi connectivity index (χ4v) is 1.83. The summed E-state index contributed by atoms with van der Waals surface area (Å²) in [5.74, 6) is -1.05. The first-order valence-electron chi connectivity index (χ1n) is 3.67. The molecule has 13 heavy (non-hydrogen) atoms. The zero-order valence-corrected chi connectivity index (χ0v) is 9.19. The van der Waals surface area contributed by atoms with Gasteiger partial charge in [-0.15, -0.1) is 0 Å². The first kappa shape index (κ1) is 10.7. The fourth-order valence-electron chi connectivity index (χ4n) is 1.04. The zero-order chi connectivity index (χ0) is 10.0. The Morgan fingerprint density at radius 1 is 1.62 bits per heavy atom. The normalized spacial score (nSPS) is 12.6. The highest BCUT2D eigenvalue weighted by Gasteiger charge is 2.19. The van der Waals surface area contributed by atoms with E-state index >= 15 is 0 Å². The van der Waals surface area contributed by atoms with E-state index in [9.17, 15) is 9.18 Å². The molecule has 0 aliphatic rings. The summed E-state index contributed by atoms with van der Waals surface area (Å²) in [5, 5.41) is -0.564. The topological polar surface area (TPSA) is 17.1 Å². The van der Waals surface area contributed by atoms with Crippen LogP contribution in [0, 0.1) is 5.82 Å². The average molecular weight is 266 g/mol. The van der Waals surface area contributed by atoms with Crippen molar-refractivity contribution in [1.29, 1.82) is 0 Å². The molecular formula is C9H7BrClFO. The number of hydrogen-bond donors (Lipinski definition) is 0. The molecular weight excluding hydrogens is 258 g/mol. The third-order valence-electron chi connectivity index (χ3n) is 1.77. The van der Waals surface area contributed by atoms with Crippen LogP contribution in [0.3, 0.4) is 0 Å². The summed E-state index contributed by atoms with van der Waals surface area (Å²) in [4.78, 5) is 10.8. The maximum atomic E-state index is 13.2. The van der Waals surface area contributed by atoms with Gasteiger partial charge < -0.3 is 0 Å². The van der Waals surface area contributed by atoms with Crippen LogP contribution in [0.2, 0.25) is 0 Å². The lowest BCUT2D eigenvalue weighted by atomic mass is 10.0. The molecule has 4 heteroatoms. The molecule has 0 N–H and O–H groups in total. The molecule has 0 saturated heterocycles. The second-order valence-electron chi connectivity index (χ2n) is 2.66. The Bertz CT molecular complexity index is 320. The third-order valence-corrected chi connectivity index (χ3v) is 2.79. The summed E-state index contributed by atoms with van der Waals surface area (Å²) in [7, 11) is 0. The number of halogens is 3. The maximum Gasteiger partial charge on any atom is 0.228 e. The van der Waals surface area contributed by atoms with Gasteiger partial charge in [0.2, 0.25) is 5.24 Å². The van der Waals surface area contributed by atoms with Crippen LogP contribution in [0.5, 0.6) is 0 Å². The van der Waals surface area contributed by atoms with E-state index in [1.165, 1.54) is 6.07 Å².